The summed E-state index contributed by atoms with van der Waals surface area (Å²) >= 11 is 0. The molecule has 1 rings (SSSR count). The topological polar surface area (TPSA) is 29.1 Å². The number of halogens is 2. The van der Waals surface area contributed by atoms with Gasteiger partial charge in [0.25, 0.3) is 0 Å². The van der Waals surface area contributed by atoms with Crippen molar-refractivity contribution in [3.05, 3.63) is 35.9 Å². The Labute approximate surface area is 74.6 Å². The Hall–Kier alpha value is -1.45. The lowest BCUT2D eigenvalue weighted by Gasteiger charge is -2.16. The molecule has 0 aliphatic carbocycles. The van der Waals surface area contributed by atoms with Gasteiger partial charge in [0.15, 0.2) is 0 Å². The molecule has 0 atom stereocenters. The van der Waals surface area contributed by atoms with Crippen LogP contribution in [0.3, 0.4) is 0 Å². The van der Waals surface area contributed by atoms with Crippen LogP contribution in [0.4, 0.5) is 8.78 Å². The molecule has 0 heterocycles. The maximum absolute atomic E-state index is 13.1. The van der Waals surface area contributed by atoms with Crippen LogP contribution >= 0.6 is 0 Å². The predicted molar refractivity (Wildman–Crippen MR) is 44.2 cm³/mol. The van der Waals surface area contributed by atoms with Crippen molar-refractivity contribution in [2.45, 2.75) is 13.0 Å². The highest BCUT2D eigenvalue weighted by atomic mass is 19.3. The van der Waals surface area contributed by atoms with Gasteiger partial charge in [-0.2, -0.15) is 8.78 Å². The van der Waals surface area contributed by atoms with E-state index in [1.807, 2.05) is 0 Å². The van der Waals surface area contributed by atoms with Gasteiger partial charge >= 0.3 is 6.05 Å². The number of hydrogen-bond acceptors (Lipinski definition) is 1. The highest BCUT2D eigenvalue weighted by Crippen LogP contribution is 2.23. The number of alkyl halides is 2. The fourth-order valence-corrected chi connectivity index (χ4v) is 0.941. The van der Waals surface area contributed by atoms with E-state index in [0.717, 1.165) is 6.92 Å². The largest absolute Gasteiger partial charge is 0.352 e. The zero-order valence-electron chi connectivity index (χ0n) is 7.05. The standard InChI is InChI=1S/C9H9F2NO/c1-7(13)12-9(10,11)8-5-3-2-4-6-8/h2-6H,1H3,(H,12,13). The van der Waals surface area contributed by atoms with Crippen molar-refractivity contribution in [1.82, 2.24) is 5.32 Å². The second-order valence-corrected chi connectivity index (χ2v) is 2.62. The lowest BCUT2D eigenvalue weighted by atomic mass is 10.2. The maximum atomic E-state index is 13.1. The second kappa shape index (κ2) is 3.51. The monoisotopic (exact) mass is 185 g/mol. The third-order valence-electron chi connectivity index (χ3n) is 1.47. The van der Waals surface area contributed by atoms with Gasteiger partial charge < -0.3 is 0 Å². The van der Waals surface area contributed by atoms with Crippen molar-refractivity contribution in [3.8, 4) is 0 Å². The Bertz CT molecular complexity index is 298. The molecule has 0 aliphatic heterocycles. The van der Waals surface area contributed by atoms with Gasteiger partial charge in [-0.3, -0.25) is 10.1 Å². The van der Waals surface area contributed by atoms with Gasteiger partial charge in [0.05, 0.1) is 0 Å². The molecular formula is C9H9F2NO. The van der Waals surface area contributed by atoms with Crippen molar-refractivity contribution in [2.24, 2.45) is 0 Å². The molecule has 0 bridgehead atoms. The fraction of sp³-hybridized carbons (Fsp3) is 0.222. The molecule has 0 unspecified atom stereocenters. The number of benzene rings is 1. The first kappa shape index (κ1) is 9.64. The quantitative estimate of drug-likeness (QED) is 0.700. The van der Waals surface area contributed by atoms with Gasteiger partial charge in [-0.15, -0.1) is 0 Å². The van der Waals surface area contributed by atoms with Gasteiger partial charge in [0.1, 0.15) is 0 Å². The zero-order chi connectivity index (χ0) is 9.90. The molecule has 1 N–H and O–H groups in total. The summed E-state index contributed by atoms with van der Waals surface area (Å²) in [5.74, 6) is -0.756. The first-order valence-corrected chi connectivity index (χ1v) is 3.74. The molecule has 0 saturated heterocycles. The normalized spacial score (nSPS) is 11.0. The fourth-order valence-electron chi connectivity index (χ4n) is 0.941. The summed E-state index contributed by atoms with van der Waals surface area (Å²) in [7, 11) is 0. The molecule has 13 heavy (non-hydrogen) atoms. The molecule has 0 aromatic heterocycles. The van der Waals surface area contributed by atoms with Crippen molar-refractivity contribution in [1.29, 1.82) is 0 Å². The summed E-state index contributed by atoms with van der Waals surface area (Å²) in [5.41, 5.74) is -0.217. The molecule has 4 heteroatoms. The van der Waals surface area contributed by atoms with Crippen LogP contribution in [-0.4, -0.2) is 5.91 Å². The number of carbonyl (C=O) groups excluding carboxylic acids is 1. The third-order valence-corrected chi connectivity index (χ3v) is 1.47. The van der Waals surface area contributed by atoms with Gasteiger partial charge in [-0.05, 0) is 0 Å². The van der Waals surface area contributed by atoms with E-state index in [-0.39, 0.29) is 5.56 Å². The van der Waals surface area contributed by atoms with E-state index in [2.05, 4.69) is 0 Å². The SMILES string of the molecule is CC(=O)NC(F)(F)c1ccccc1. The van der Waals surface area contributed by atoms with Gasteiger partial charge in [-0.1, -0.05) is 30.3 Å². The Morgan fingerprint density at radius 1 is 1.31 bits per heavy atom. The van der Waals surface area contributed by atoms with Crippen LogP contribution in [0.5, 0.6) is 0 Å². The third kappa shape index (κ3) is 2.50. The van der Waals surface area contributed by atoms with Gasteiger partial charge in [0, 0.05) is 12.5 Å². The maximum Gasteiger partial charge on any atom is 0.352 e. The second-order valence-electron chi connectivity index (χ2n) is 2.62. The van der Waals surface area contributed by atoms with Crippen molar-refractivity contribution < 1.29 is 13.6 Å². The zero-order valence-corrected chi connectivity index (χ0v) is 7.05. The molecule has 0 radical (unpaired) electrons. The van der Waals surface area contributed by atoms with Crippen LogP contribution in [-0.2, 0) is 10.8 Å². The summed E-state index contributed by atoms with van der Waals surface area (Å²) in [5, 5.41) is 1.56. The highest BCUT2D eigenvalue weighted by molar-refractivity contribution is 5.73. The summed E-state index contributed by atoms with van der Waals surface area (Å²) < 4.78 is 26.1. The van der Waals surface area contributed by atoms with Crippen molar-refractivity contribution in [3.63, 3.8) is 0 Å². The molecule has 0 spiro atoms. The molecule has 1 aromatic carbocycles. The van der Waals surface area contributed by atoms with E-state index >= 15 is 0 Å². The Kier molecular flexibility index (Phi) is 2.60. The van der Waals surface area contributed by atoms with Crippen LogP contribution < -0.4 is 5.32 Å². The minimum atomic E-state index is -3.28. The summed E-state index contributed by atoms with van der Waals surface area (Å²) in [6.45, 7) is 1.05. The minimum absolute atomic E-state index is 0.217. The van der Waals surface area contributed by atoms with Crippen LogP contribution in [0, 0.1) is 0 Å². The molecular weight excluding hydrogens is 176 g/mol. The van der Waals surface area contributed by atoms with Crippen LogP contribution in [0.25, 0.3) is 0 Å². The summed E-state index contributed by atoms with van der Waals surface area (Å²) in [6.07, 6.45) is 0. The Balaban J connectivity index is 2.87. The molecule has 70 valence electrons. The highest BCUT2D eigenvalue weighted by Gasteiger charge is 2.31. The summed E-state index contributed by atoms with van der Waals surface area (Å²) in [4.78, 5) is 10.4. The van der Waals surface area contributed by atoms with Gasteiger partial charge in [0.2, 0.25) is 5.91 Å². The lowest BCUT2D eigenvalue weighted by Crippen LogP contribution is -2.37. The smallest absolute Gasteiger partial charge is 0.294 e. The molecule has 1 aromatic rings. The lowest BCUT2D eigenvalue weighted by molar-refractivity contribution is -0.131. The summed E-state index contributed by atoms with van der Waals surface area (Å²) in [6, 6.07) is 3.85. The average molecular weight is 185 g/mol. The van der Waals surface area contributed by atoms with Crippen LogP contribution in [0.1, 0.15) is 12.5 Å². The Morgan fingerprint density at radius 3 is 2.31 bits per heavy atom. The van der Waals surface area contributed by atoms with Crippen molar-refractivity contribution in [2.75, 3.05) is 0 Å². The molecule has 0 saturated carbocycles. The van der Waals surface area contributed by atoms with E-state index in [1.54, 1.807) is 11.4 Å². The first-order valence-electron chi connectivity index (χ1n) is 3.74. The molecule has 0 fully saturated rings. The van der Waals surface area contributed by atoms with Gasteiger partial charge in [-0.25, -0.2) is 0 Å². The first-order chi connectivity index (χ1) is 6.02. The molecule has 0 aliphatic rings. The molecule has 2 nitrogen and oxygen atoms in total. The van der Waals surface area contributed by atoms with Crippen molar-refractivity contribution >= 4 is 5.91 Å². The minimum Gasteiger partial charge on any atom is -0.294 e. The predicted octanol–water partition coefficient (Wildman–Crippen LogP) is 1.87. The number of carbonyl (C=O) groups is 1. The van der Waals surface area contributed by atoms with E-state index in [1.165, 1.54) is 24.3 Å². The number of hydrogen-bond donors (Lipinski definition) is 1. The average Bonchev–Trinajstić information content (AvgIpc) is 2.04. The molecule has 1 amide bonds. The van der Waals surface area contributed by atoms with E-state index in [0.29, 0.717) is 0 Å². The van der Waals surface area contributed by atoms with E-state index < -0.39 is 12.0 Å². The number of amides is 1. The number of rotatable bonds is 2. The van der Waals surface area contributed by atoms with Crippen LogP contribution in [0.2, 0.25) is 0 Å². The number of nitrogens with one attached hydrogen (secondary N) is 1. The van der Waals surface area contributed by atoms with E-state index in [4.69, 9.17) is 0 Å². The Morgan fingerprint density at radius 2 is 1.85 bits per heavy atom. The van der Waals surface area contributed by atoms with Crippen LogP contribution in [0.15, 0.2) is 30.3 Å². The van der Waals surface area contributed by atoms with E-state index in [9.17, 15) is 13.6 Å².